The smallest absolute Gasteiger partial charge is 0.250 e. The number of nitrogens with one attached hydrogen (secondary N) is 1. The second-order valence-corrected chi connectivity index (χ2v) is 4.14. The molecule has 1 aromatic carbocycles. The van der Waals surface area contributed by atoms with E-state index in [2.05, 4.69) is 10.2 Å². The number of nitrogens with zero attached hydrogens (tertiary/aromatic N) is 1. The number of halogens is 1. The van der Waals surface area contributed by atoms with E-state index < -0.39 is 11.7 Å². The number of hydrogen-bond acceptors (Lipinski definition) is 3. The van der Waals surface area contributed by atoms with E-state index in [4.69, 9.17) is 5.73 Å². The molecule has 0 aliphatic heterocycles. The molecule has 0 unspecified atom stereocenters. The van der Waals surface area contributed by atoms with Crippen LogP contribution in [0.25, 0.3) is 0 Å². The van der Waals surface area contributed by atoms with Crippen LogP contribution in [0.1, 0.15) is 16.8 Å². The molecule has 94 valence electrons. The third kappa shape index (κ3) is 4.40. The lowest BCUT2D eigenvalue weighted by molar-refractivity contribution is 0.100. The van der Waals surface area contributed by atoms with Crippen LogP contribution in [0.4, 0.5) is 10.1 Å². The fourth-order valence-corrected chi connectivity index (χ4v) is 1.49. The van der Waals surface area contributed by atoms with Crippen molar-refractivity contribution < 1.29 is 9.18 Å². The first-order valence-corrected chi connectivity index (χ1v) is 5.48. The van der Waals surface area contributed by atoms with Crippen molar-refractivity contribution in [1.82, 2.24) is 4.90 Å². The number of anilines is 1. The van der Waals surface area contributed by atoms with Gasteiger partial charge in [-0.15, -0.1) is 0 Å². The molecule has 17 heavy (non-hydrogen) atoms. The lowest BCUT2D eigenvalue weighted by Crippen LogP contribution is -2.18. The molecule has 0 aliphatic rings. The highest BCUT2D eigenvalue weighted by atomic mass is 19.1. The Morgan fingerprint density at radius 2 is 2.18 bits per heavy atom. The standard InChI is InChI=1S/C12H18FN3O/c1-16(2)7-3-6-15-11-5-4-9(13)8-10(11)12(14)17/h4-5,8,15H,3,6-7H2,1-2H3,(H2,14,17). The molecule has 0 aromatic heterocycles. The second-order valence-electron chi connectivity index (χ2n) is 4.14. The third-order valence-corrected chi connectivity index (χ3v) is 2.34. The van der Waals surface area contributed by atoms with E-state index in [-0.39, 0.29) is 5.56 Å². The third-order valence-electron chi connectivity index (χ3n) is 2.34. The number of primary amides is 1. The van der Waals surface area contributed by atoms with Crippen molar-refractivity contribution in [3.8, 4) is 0 Å². The van der Waals surface area contributed by atoms with E-state index in [1.54, 1.807) is 0 Å². The van der Waals surface area contributed by atoms with Crippen LogP contribution in [-0.2, 0) is 0 Å². The fourth-order valence-electron chi connectivity index (χ4n) is 1.49. The molecule has 4 nitrogen and oxygen atoms in total. The number of benzene rings is 1. The van der Waals surface area contributed by atoms with Crippen molar-refractivity contribution in [1.29, 1.82) is 0 Å². The van der Waals surface area contributed by atoms with Gasteiger partial charge in [-0.1, -0.05) is 0 Å². The molecule has 0 fully saturated rings. The Kier molecular flexibility index (Phi) is 4.90. The minimum absolute atomic E-state index is 0.190. The molecule has 0 bridgehead atoms. The van der Waals surface area contributed by atoms with Gasteiger partial charge in [0.2, 0.25) is 0 Å². The maximum absolute atomic E-state index is 13.0. The molecule has 0 spiro atoms. The predicted octanol–water partition coefficient (Wildman–Crippen LogP) is 1.29. The van der Waals surface area contributed by atoms with Crippen molar-refractivity contribution in [2.24, 2.45) is 5.73 Å². The van der Waals surface area contributed by atoms with Crippen molar-refractivity contribution >= 4 is 11.6 Å². The monoisotopic (exact) mass is 239 g/mol. The van der Waals surface area contributed by atoms with Gasteiger partial charge >= 0.3 is 0 Å². The molecule has 0 radical (unpaired) electrons. The largest absolute Gasteiger partial charge is 0.384 e. The van der Waals surface area contributed by atoms with E-state index in [9.17, 15) is 9.18 Å². The van der Waals surface area contributed by atoms with Crippen LogP contribution in [-0.4, -0.2) is 38.0 Å². The van der Waals surface area contributed by atoms with Crippen molar-refractivity contribution in [3.05, 3.63) is 29.6 Å². The number of amides is 1. The zero-order valence-electron chi connectivity index (χ0n) is 10.2. The lowest BCUT2D eigenvalue weighted by Gasteiger charge is -2.12. The summed E-state index contributed by atoms with van der Waals surface area (Å²) in [6.07, 6.45) is 0.933. The van der Waals surface area contributed by atoms with E-state index in [1.807, 2.05) is 14.1 Å². The molecule has 0 saturated carbocycles. The van der Waals surface area contributed by atoms with Gasteiger partial charge in [0.05, 0.1) is 5.56 Å². The van der Waals surface area contributed by atoms with Crippen molar-refractivity contribution in [3.63, 3.8) is 0 Å². The normalized spacial score (nSPS) is 10.6. The van der Waals surface area contributed by atoms with Gasteiger partial charge in [-0.3, -0.25) is 4.79 Å². The highest BCUT2D eigenvalue weighted by Gasteiger charge is 2.08. The molecular formula is C12H18FN3O. The average Bonchev–Trinajstić information content (AvgIpc) is 2.25. The van der Waals surface area contributed by atoms with Crippen molar-refractivity contribution in [2.75, 3.05) is 32.5 Å². The zero-order valence-corrected chi connectivity index (χ0v) is 10.2. The summed E-state index contributed by atoms with van der Waals surface area (Å²) in [5, 5.41) is 3.08. The van der Waals surface area contributed by atoms with Crippen molar-refractivity contribution in [2.45, 2.75) is 6.42 Å². The van der Waals surface area contributed by atoms with Crippen LogP contribution >= 0.6 is 0 Å². The SMILES string of the molecule is CN(C)CCCNc1ccc(F)cc1C(N)=O. The quantitative estimate of drug-likeness (QED) is 0.735. The van der Waals surface area contributed by atoms with Gasteiger partial charge in [-0.2, -0.15) is 0 Å². The molecule has 5 heteroatoms. The maximum atomic E-state index is 13.0. The lowest BCUT2D eigenvalue weighted by atomic mass is 10.1. The molecule has 1 amide bonds. The van der Waals surface area contributed by atoms with Crippen LogP contribution in [0.5, 0.6) is 0 Å². The summed E-state index contributed by atoms with van der Waals surface area (Å²) in [6, 6.07) is 3.99. The summed E-state index contributed by atoms with van der Waals surface area (Å²) < 4.78 is 13.0. The fraction of sp³-hybridized carbons (Fsp3) is 0.417. The molecule has 0 saturated heterocycles. The minimum atomic E-state index is -0.625. The van der Waals surface area contributed by atoms with Gasteiger partial charge in [0, 0.05) is 12.2 Å². The maximum Gasteiger partial charge on any atom is 0.250 e. The summed E-state index contributed by atoms with van der Waals surface area (Å²) in [7, 11) is 3.99. The predicted molar refractivity (Wildman–Crippen MR) is 66.6 cm³/mol. The molecule has 0 aliphatic carbocycles. The minimum Gasteiger partial charge on any atom is -0.384 e. The first-order valence-electron chi connectivity index (χ1n) is 5.48. The van der Waals surface area contributed by atoms with E-state index in [0.29, 0.717) is 12.2 Å². The van der Waals surface area contributed by atoms with Crippen LogP contribution in [0.2, 0.25) is 0 Å². The summed E-state index contributed by atoms with van der Waals surface area (Å²) in [6.45, 7) is 1.66. The Morgan fingerprint density at radius 1 is 1.47 bits per heavy atom. The average molecular weight is 239 g/mol. The van der Waals surface area contributed by atoms with Gasteiger partial charge in [0.1, 0.15) is 5.82 Å². The Hall–Kier alpha value is -1.62. The topological polar surface area (TPSA) is 58.4 Å². The van der Waals surface area contributed by atoms with Gasteiger partial charge in [0.25, 0.3) is 5.91 Å². The number of carbonyl (C=O) groups is 1. The highest BCUT2D eigenvalue weighted by Crippen LogP contribution is 2.16. The summed E-state index contributed by atoms with van der Waals surface area (Å²) in [5.41, 5.74) is 5.95. The molecule has 1 aromatic rings. The Balaban J connectivity index is 2.61. The molecule has 1 rings (SSSR count). The number of rotatable bonds is 6. The molecule has 3 N–H and O–H groups in total. The van der Waals surface area contributed by atoms with Gasteiger partial charge in [0.15, 0.2) is 0 Å². The first-order chi connectivity index (χ1) is 8.00. The molecule has 0 heterocycles. The van der Waals surface area contributed by atoms with Crippen LogP contribution in [0, 0.1) is 5.82 Å². The van der Waals surface area contributed by atoms with Gasteiger partial charge in [-0.05, 0) is 45.3 Å². The van der Waals surface area contributed by atoms with E-state index in [1.165, 1.54) is 12.1 Å². The number of carbonyl (C=O) groups excluding carboxylic acids is 1. The molecular weight excluding hydrogens is 221 g/mol. The second kappa shape index (κ2) is 6.20. The molecule has 0 atom stereocenters. The van der Waals surface area contributed by atoms with Gasteiger partial charge in [-0.25, -0.2) is 4.39 Å². The number of hydrogen-bond donors (Lipinski definition) is 2. The Bertz CT molecular complexity index is 393. The highest BCUT2D eigenvalue weighted by molar-refractivity contribution is 5.98. The van der Waals surface area contributed by atoms with E-state index >= 15 is 0 Å². The van der Waals surface area contributed by atoms with Crippen LogP contribution in [0.15, 0.2) is 18.2 Å². The summed E-state index contributed by atoms with van der Waals surface area (Å²) >= 11 is 0. The van der Waals surface area contributed by atoms with Gasteiger partial charge < -0.3 is 16.0 Å². The number of nitrogens with two attached hydrogens (primary N) is 1. The van der Waals surface area contributed by atoms with Crippen LogP contribution < -0.4 is 11.1 Å². The summed E-state index contributed by atoms with van der Waals surface area (Å²) in [5.74, 6) is -1.09. The first kappa shape index (κ1) is 13.4. The van der Waals surface area contributed by atoms with E-state index in [0.717, 1.165) is 19.0 Å². The summed E-state index contributed by atoms with van der Waals surface area (Å²) in [4.78, 5) is 13.2. The van der Waals surface area contributed by atoms with Crippen LogP contribution in [0.3, 0.4) is 0 Å². The zero-order chi connectivity index (χ0) is 12.8. The Labute approximate surface area is 101 Å². The Morgan fingerprint density at radius 3 is 2.76 bits per heavy atom.